The monoisotopic (exact) mass is 204 g/mol. The molecule has 3 rings (SSSR count). The molecule has 1 aromatic rings. The summed E-state index contributed by atoms with van der Waals surface area (Å²) in [5, 5.41) is 6.49. The van der Waals surface area contributed by atoms with Crippen molar-refractivity contribution in [2.75, 3.05) is 11.6 Å². The van der Waals surface area contributed by atoms with Crippen LogP contribution in [-0.4, -0.2) is 17.2 Å². The smallest absolute Gasteiger partial charge is 0.0439 e. The van der Waals surface area contributed by atoms with Gasteiger partial charge in [-0.05, 0) is 11.3 Å². The van der Waals surface area contributed by atoms with Crippen LogP contribution < -0.4 is 21.5 Å². The Kier molecular flexibility index (Phi) is 1.82. The molecule has 72 valence electrons. The van der Waals surface area contributed by atoms with Crippen LogP contribution in [0.2, 0.25) is 0 Å². The summed E-state index contributed by atoms with van der Waals surface area (Å²) in [5.74, 6) is 1.04. The summed E-state index contributed by atoms with van der Waals surface area (Å²) >= 11 is 1.95. The molecule has 0 saturated carbocycles. The number of nitrogen functional groups attached to an aromatic ring is 1. The van der Waals surface area contributed by atoms with Gasteiger partial charge in [0, 0.05) is 28.1 Å². The first kappa shape index (κ1) is 8.38. The van der Waals surface area contributed by atoms with E-state index in [1.807, 2.05) is 23.9 Å². The van der Waals surface area contributed by atoms with E-state index in [4.69, 9.17) is 5.73 Å². The Morgan fingerprint density at radius 2 is 2.29 bits per heavy atom. The third-order valence-electron chi connectivity index (χ3n) is 2.81. The van der Waals surface area contributed by atoms with Crippen LogP contribution >= 0.6 is 11.8 Å². The quantitative estimate of drug-likeness (QED) is 0.578. The molecule has 3 heteroatoms. The number of fused-ring (bicyclic) bond motifs is 2. The maximum atomic E-state index is 5.94. The van der Waals surface area contributed by atoms with Crippen molar-refractivity contribution in [2.45, 2.75) is 11.3 Å². The molecule has 1 aliphatic carbocycles. The fraction of sp³-hybridized carbons (Fsp3) is 0.273. The first-order chi connectivity index (χ1) is 6.84. The van der Waals surface area contributed by atoms with Crippen molar-refractivity contribution in [1.29, 1.82) is 0 Å². The van der Waals surface area contributed by atoms with Crippen LogP contribution in [0.15, 0.2) is 18.2 Å². The van der Waals surface area contributed by atoms with E-state index < -0.39 is 0 Å². The normalized spacial score (nSPS) is 28.6. The molecule has 0 bridgehead atoms. The Morgan fingerprint density at radius 3 is 3.21 bits per heavy atom. The van der Waals surface area contributed by atoms with Crippen molar-refractivity contribution < 1.29 is 0 Å². The van der Waals surface area contributed by atoms with Gasteiger partial charge in [0.05, 0.1) is 0 Å². The molecule has 3 N–H and O–H groups in total. The van der Waals surface area contributed by atoms with Crippen molar-refractivity contribution in [3.05, 3.63) is 28.6 Å². The van der Waals surface area contributed by atoms with E-state index in [1.54, 1.807) is 0 Å². The molecule has 2 aliphatic rings. The molecule has 1 aliphatic heterocycles. The van der Waals surface area contributed by atoms with Gasteiger partial charge in [0.2, 0.25) is 0 Å². The van der Waals surface area contributed by atoms with Gasteiger partial charge in [0.15, 0.2) is 0 Å². The molecule has 2 unspecified atom stereocenters. The standard InChI is InChI=1S/C11H12N2S/c12-9-3-1-2-7-4-10-11(5-8(7)9)14-6-13-10/h1-5,10-11,13H,6,12H2. The van der Waals surface area contributed by atoms with Gasteiger partial charge in [0.1, 0.15) is 0 Å². The summed E-state index contributed by atoms with van der Waals surface area (Å²) in [6, 6.07) is 6.61. The second-order valence-corrected chi connectivity index (χ2v) is 4.86. The van der Waals surface area contributed by atoms with E-state index in [0.29, 0.717) is 11.3 Å². The average Bonchev–Trinajstić information content (AvgIpc) is 2.62. The molecule has 0 amide bonds. The molecular weight excluding hydrogens is 192 g/mol. The zero-order valence-electron chi connectivity index (χ0n) is 7.73. The number of anilines is 1. The summed E-state index contributed by atoms with van der Waals surface area (Å²) in [6.07, 6.45) is 4.58. The number of nitrogens with one attached hydrogen (secondary N) is 1. The Bertz CT molecular complexity index is 481. The minimum atomic E-state index is 0.495. The summed E-state index contributed by atoms with van der Waals surface area (Å²) in [7, 11) is 0. The predicted molar refractivity (Wildman–Crippen MR) is 62.2 cm³/mol. The van der Waals surface area contributed by atoms with E-state index in [-0.39, 0.29) is 0 Å². The number of benzene rings is 1. The van der Waals surface area contributed by atoms with Gasteiger partial charge in [-0.15, -0.1) is 11.8 Å². The highest BCUT2D eigenvalue weighted by molar-refractivity contribution is 8.00. The second kappa shape index (κ2) is 3.04. The Morgan fingerprint density at radius 1 is 1.36 bits per heavy atom. The van der Waals surface area contributed by atoms with Crippen molar-refractivity contribution >= 4 is 29.6 Å². The van der Waals surface area contributed by atoms with Crippen LogP contribution in [0, 0.1) is 0 Å². The maximum Gasteiger partial charge on any atom is 0.0439 e. The highest BCUT2D eigenvalue weighted by atomic mass is 32.2. The first-order valence-electron chi connectivity index (χ1n) is 4.78. The number of thioether (sulfide) groups is 1. The molecule has 2 nitrogen and oxygen atoms in total. The largest absolute Gasteiger partial charge is 0.398 e. The lowest BCUT2D eigenvalue weighted by Crippen LogP contribution is -2.40. The van der Waals surface area contributed by atoms with Crippen LogP contribution in [0.4, 0.5) is 5.69 Å². The summed E-state index contributed by atoms with van der Waals surface area (Å²) in [6.45, 7) is 0. The van der Waals surface area contributed by atoms with Gasteiger partial charge in [-0.2, -0.15) is 0 Å². The van der Waals surface area contributed by atoms with Gasteiger partial charge in [0.25, 0.3) is 0 Å². The van der Waals surface area contributed by atoms with Gasteiger partial charge >= 0.3 is 0 Å². The van der Waals surface area contributed by atoms with Gasteiger partial charge in [-0.1, -0.05) is 24.3 Å². The van der Waals surface area contributed by atoms with Gasteiger partial charge in [-0.25, -0.2) is 0 Å². The highest BCUT2D eigenvalue weighted by Crippen LogP contribution is 2.24. The average molecular weight is 204 g/mol. The molecular formula is C11H12N2S. The van der Waals surface area contributed by atoms with Crippen molar-refractivity contribution in [3.8, 4) is 0 Å². The van der Waals surface area contributed by atoms with E-state index in [0.717, 1.165) is 11.6 Å². The number of hydrogen-bond acceptors (Lipinski definition) is 3. The molecule has 14 heavy (non-hydrogen) atoms. The molecule has 0 spiro atoms. The van der Waals surface area contributed by atoms with Gasteiger partial charge in [-0.3, -0.25) is 0 Å². The predicted octanol–water partition coefficient (Wildman–Crippen LogP) is -0.126. The summed E-state index contributed by atoms with van der Waals surface area (Å²) in [4.78, 5) is 0. The van der Waals surface area contributed by atoms with Crippen LogP contribution in [0.25, 0.3) is 12.2 Å². The van der Waals surface area contributed by atoms with E-state index in [2.05, 4.69) is 23.5 Å². The molecule has 0 aromatic heterocycles. The van der Waals surface area contributed by atoms with E-state index in [1.165, 1.54) is 10.4 Å². The lowest BCUT2D eigenvalue weighted by Gasteiger charge is -2.15. The number of hydrogen-bond donors (Lipinski definition) is 2. The molecule has 1 heterocycles. The fourth-order valence-corrected chi connectivity index (χ4v) is 3.16. The molecule has 2 atom stereocenters. The topological polar surface area (TPSA) is 38.0 Å². The number of nitrogens with two attached hydrogens (primary N) is 1. The Balaban J connectivity index is 2.28. The summed E-state index contributed by atoms with van der Waals surface area (Å²) in [5.41, 5.74) is 6.84. The lowest BCUT2D eigenvalue weighted by atomic mass is 10.0. The minimum Gasteiger partial charge on any atom is -0.398 e. The maximum absolute atomic E-state index is 5.94. The van der Waals surface area contributed by atoms with E-state index >= 15 is 0 Å². The Hall–Kier alpha value is -0.930. The third kappa shape index (κ3) is 1.16. The van der Waals surface area contributed by atoms with Crippen LogP contribution in [0.1, 0.15) is 0 Å². The van der Waals surface area contributed by atoms with Crippen molar-refractivity contribution in [3.63, 3.8) is 0 Å². The molecule has 1 saturated heterocycles. The highest BCUT2D eigenvalue weighted by Gasteiger charge is 2.25. The third-order valence-corrected chi connectivity index (χ3v) is 3.96. The van der Waals surface area contributed by atoms with Crippen molar-refractivity contribution in [1.82, 2.24) is 5.32 Å². The fourth-order valence-electron chi connectivity index (χ4n) is 2.06. The molecule has 0 radical (unpaired) electrons. The SMILES string of the molecule is Nc1cccc2c1=CC1SCNC1C=2. The zero-order chi connectivity index (χ0) is 9.54. The molecule has 1 aromatic carbocycles. The van der Waals surface area contributed by atoms with Crippen LogP contribution in [0.5, 0.6) is 0 Å². The van der Waals surface area contributed by atoms with Crippen LogP contribution in [-0.2, 0) is 0 Å². The molecule has 1 fully saturated rings. The zero-order valence-corrected chi connectivity index (χ0v) is 8.55. The summed E-state index contributed by atoms with van der Waals surface area (Å²) < 4.78 is 0. The Labute approximate surface area is 86.9 Å². The second-order valence-electron chi connectivity index (χ2n) is 3.69. The number of rotatable bonds is 0. The lowest BCUT2D eigenvalue weighted by molar-refractivity contribution is 0.745. The van der Waals surface area contributed by atoms with E-state index in [9.17, 15) is 0 Å². The minimum absolute atomic E-state index is 0.495. The van der Waals surface area contributed by atoms with Crippen LogP contribution in [0.3, 0.4) is 0 Å². The first-order valence-corrected chi connectivity index (χ1v) is 5.83. The van der Waals surface area contributed by atoms with Crippen molar-refractivity contribution in [2.24, 2.45) is 0 Å². The van der Waals surface area contributed by atoms with Gasteiger partial charge < -0.3 is 11.1 Å².